The van der Waals surface area contributed by atoms with E-state index in [1.807, 2.05) is 17.0 Å². The van der Waals surface area contributed by atoms with E-state index in [0.29, 0.717) is 23.6 Å². The third kappa shape index (κ3) is 3.06. The van der Waals surface area contributed by atoms with E-state index in [0.717, 1.165) is 23.0 Å². The predicted octanol–water partition coefficient (Wildman–Crippen LogP) is 4.06. The lowest BCUT2D eigenvalue weighted by atomic mass is 10.0. The Morgan fingerprint density at radius 3 is 2.70 bits per heavy atom. The molecule has 0 bridgehead atoms. The van der Waals surface area contributed by atoms with Crippen molar-refractivity contribution in [1.29, 1.82) is 0 Å². The second kappa shape index (κ2) is 6.62. The number of hydrogen-bond acceptors (Lipinski definition) is 3. The Hall–Kier alpha value is -2.01. The lowest BCUT2D eigenvalue weighted by molar-refractivity contribution is 0.0982. The van der Waals surface area contributed by atoms with E-state index in [4.69, 9.17) is 9.47 Å². The van der Waals surface area contributed by atoms with Crippen molar-refractivity contribution >= 4 is 27.5 Å². The second-order valence-electron chi connectivity index (χ2n) is 5.40. The molecule has 2 aromatic rings. The number of ether oxygens (including phenoxy) is 2. The molecule has 0 atom stereocenters. The summed E-state index contributed by atoms with van der Waals surface area (Å²) in [6, 6.07) is 11.3. The topological polar surface area (TPSA) is 38.8 Å². The zero-order valence-corrected chi connectivity index (χ0v) is 14.7. The van der Waals surface area contributed by atoms with Gasteiger partial charge in [-0.05, 0) is 54.8 Å². The van der Waals surface area contributed by atoms with Gasteiger partial charge in [-0.3, -0.25) is 4.79 Å². The molecule has 0 saturated carbocycles. The van der Waals surface area contributed by atoms with Crippen LogP contribution in [-0.4, -0.2) is 26.7 Å². The van der Waals surface area contributed by atoms with Gasteiger partial charge in [-0.25, -0.2) is 0 Å². The molecule has 4 nitrogen and oxygen atoms in total. The number of rotatable bonds is 3. The van der Waals surface area contributed by atoms with Crippen LogP contribution in [0.2, 0.25) is 0 Å². The Morgan fingerprint density at radius 2 is 1.96 bits per heavy atom. The molecule has 1 aliphatic rings. The molecule has 5 heteroatoms. The highest BCUT2D eigenvalue weighted by Gasteiger charge is 2.26. The lowest BCUT2D eigenvalue weighted by Gasteiger charge is -2.30. The van der Waals surface area contributed by atoms with Crippen LogP contribution in [0.3, 0.4) is 0 Å². The van der Waals surface area contributed by atoms with Gasteiger partial charge in [0.2, 0.25) is 0 Å². The van der Waals surface area contributed by atoms with Gasteiger partial charge in [-0.1, -0.05) is 15.9 Å². The first-order valence-corrected chi connectivity index (χ1v) is 8.25. The Morgan fingerprint density at radius 1 is 1.13 bits per heavy atom. The summed E-state index contributed by atoms with van der Waals surface area (Å²) in [5, 5.41) is 0. The number of anilines is 1. The summed E-state index contributed by atoms with van der Waals surface area (Å²) in [6.45, 7) is 0.702. The van der Waals surface area contributed by atoms with Crippen molar-refractivity contribution in [1.82, 2.24) is 0 Å². The maximum Gasteiger partial charge on any atom is 0.262 e. The maximum absolute atomic E-state index is 13.1. The zero-order chi connectivity index (χ0) is 16.4. The highest BCUT2D eigenvalue weighted by Crippen LogP contribution is 2.33. The maximum atomic E-state index is 13.1. The van der Waals surface area contributed by atoms with Crippen LogP contribution >= 0.6 is 15.9 Å². The van der Waals surface area contributed by atoms with Crippen LogP contribution in [0.1, 0.15) is 22.3 Å². The van der Waals surface area contributed by atoms with Crippen LogP contribution in [0.15, 0.2) is 40.9 Å². The molecule has 2 aromatic carbocycles. The molecule has 0 saturated heterocycles. The molecule has 1 amide bonds. The van der Waals surface area contributed by atoms with Crippen LogP contribution in [0.25, 0.3) is 0 Å². The average molecular weight is 376 g/mol. The minimum Gasteiger partial charge on any atom is -0.497 e. The lowest BCUT2D eigenvalue weighted by Crippen LogP contribution is -2.35. The van der Waals surface area contributed by atoms with E-state index < -0.39 is 0 Å². The minimum atomic E-state index is -0.0657. The number of methoxy groups -OCH3 is 2. The highest BCUT2D eigenvalue weighted by molar-refractivity contribution is 9.10. The summed E-state index contributed by atoms with van der Waals surface area (Å²) in [5.41, 5.74) is 2.66. The number of halogens is 1. The molecule has 23 heavy (non-hydrogen) atoms. The van der Waals surface area contributed by atoms with Crippen LogP contribution in [0.5, 0.6) is 11.5 Å². The van der Waals surface area contributed by atoms with Crippen molar-refractivity contribution in [3.63, 3.8) is 0 Å². The number of nitrogens with zero attached hydrogens (tertiary/aromatic N) is 1. The number of aryl methyl sites for hydroxylation is 1. The first-order valence-electron chi connectivity index (χ1n) is 7.46. The van der Waals surface area contributed by atoms with Crippen molar-refractivity contribution in [2.75, 3.05) is 25.7 Å². The third-order valence-corrected chi connectivity index (χ3v) is 4.54. The quantitative estimate of drug-likeness (QED) is 0.811. The number of carbonyl (C=O) groups is 1. The molecule has 120 valence electrons. The Bertz CT molecular complexity index is 745. The van der Waals surface area contributed by atoms with E-state index in [9.17, 15) is 4.79 Å². The first-order chi connectivity index (χ1) is 11.1. The summed E-state index contributed by atoms with van der Waals surface area (Å²) in [5.74, 6) is 1.13. The largest absolute Gasteiger partial charge is 0.497 e. The fourth-order valence-electron chi connectivity index (χ4n) is 2.90. The van der Waals surface area contributed by atoms with Crippen LogP contribution in [-0.2, 0) is 6.42 Å². The number of fused-ring (bicyclic) bond motifs is 1. The van der Waals surface area contributed by atoms with Gasteiger partial charge in [0.15, 0.2) is 0 Å². The van der Waals surface area contributed by atoms with Crippen LogP contribution < -0.4 is 14.4 Å². The monoisotopic (exact) mass is 375 g/mol. The van der Waals surface area contributed by atoms with Gasteiger partial charge in [0.05, 0.1) is 19.8 Å². The summed E-state index contributed by atoms with van der Waals surface area (Å²) < 4.78 is 11.6. The smallest absolute Gasteiger partial charge is 0.262 e. The fraction of sp³-hybridized carbons (Fsp3) is 0.278. The van der Waals surface area contributed by atoms with Gasteiger partial charge in [0, 0.05) is 16.7 Å². The highest BCUT2D eigenvalue weighted by atomic mass is 79.9. The van der Waals surface area contributed by atoms with Crippen molar-refractivity contribution in [2.24, 2.45) is 0 Å². The van der Waals surface area contributed by atoms with E-state index in [2.05, 4.69) is 22.0 Å². The molecule has 0 N–H and O–H groups in total. The fourth-order valence-corrected chi connectivity index (χ4v) is 3.31. The van der Waals surface area contributed by atoms with Gasteiger partial charge in [-0.15, -0.1) is 0 Å². The molecule has 1 heterocycles. The van der Waals surface area contributed by atoms with Gasteiger partial charge < -0.3 is 14.4 Å². The summed E-state index contributed by atoms with van der Waals surface area (Å²) >= 11 is 3.49. The second-order valence-corrected chi connectivity index (χ2v) is 6.32. The summed E-state index contributed by atoms with van der Waals surface area (Å²) in [6.07, 6.45) is 1.93. The van der Waals surface area contributed by atoms with Crippen molar-refractivity contribution in [3.8, 4) is 11.5 Å². The van der Waals surface area contributed by atoms with Gasteiger partial charge in [0.25, 0.3) is 5.91 Å². The number of carbonyl (C=O) groups excluding carboxylic acids is 1. The molecular weight excluding hydrogens is 358 g/mol. The van der Waals surface area contributed by atoms with Gasteiger partial charge in [-0.2, -0.15) is 0 Å². The summed E-state index contributed by atoms with van der Waals surface area (Å²) in [4.78, 5) is 14.9. The predicted molar refractivity (Wildman–Crippen MR) is 93.7 cm³/mol. The van der Waals surface area contributed by atoms with Crippen molar-refractivity contribution < 1.29 is 14.3 Å². The van der Waals surface area contributed by atoms with Gasteiger partial charge >= 0.3 is 0 Å². The van der Waals surface area contributed by atoms with Crippen LogP contribution in [0, 0.1) is 0 Å². The van der Waals surface area contributed by atoms with Gasteiger partial charge in [0.1, 0.15) is 11.5 Å². The average Bonchev–Trinajstić information content (AvgIpc) is 2.59. The first kappa shape index (κ1) is 15.9. The van der Waals surface area contributed by atoms with E-state index in [1.54, 1.807) is 32.4 Å². The zero-order valence-electron chi connectivity index (χ0n) is 13.1. The third-order valence-electron chi connectivity index (χ3n) is 4.04. The standard InChI is InChI=1S/C18H18BrNO3/c1-22-14-6-8-17(23-2)15(11-14)18(21)20-9-3-4-12-10-13(19)5-7-16(12)20/h5-8,10-11H,3-4,9H2,1-2H3. The molecule has 3 rings (SSSR count). The number of hydrogen-bond donors (Lipinski definition) is 0. The molecule has 0 spiro atoms. The Balaban J connectivity index is 2.02. The number of benzene rings is 2. The molecule has 0 fully saturated rings. The van der Waals surface area contributed by atoms with Crippen LogP contribution in [0.4, 0.5) is 5.69 Å². The molecular formula is C18H18BrNO3. The number of amides is 1. The summed E-state index contributed by atoms with van der Waals surface area (Å²) in [7, 11) is 3.16. The minimum absolute atomic E-state index is 0.0657. The Labute approximate surface area is 144 Å². The van der Waals surface area contributed by atoms with Crippen molar-refractivity contribution in [2.45, 2.75) is 12.8 Å². The molecule has 0 aliphatic carbocycles. The Kier molecular flexibility index (Phi) is 4.57. The van der Waals surface area contributed by atoms with Crippen molar-refractivity contribution in [3.05, 3.63) is 52.0 Å². The molecule has 0 radical (unpaired) electrons. The molecule has 1 aliphatic heterocycles. The normalized spacial score (nSPS) is 13.4. The van der Waals surface area contributed by atoms with E-state index in [1.165, 1.54) is 5.56 Å². The SMILES string of the molecule is COc1ccc(OC)c(C(=O)N2CCCc3cc(Br)ccc32)c1. The van der Waals surface area contributed by atoms with E-state index >= 15 is 0 Å². The van der Waals surface area contributed by atoms with E-state index in [-0.39, 0.29) is 5.91 Å². The molecule has 0 unspecified atom stereocenters. The molecule has 0 aromatic heterocycles.